The number of nitrogens with one attached hydrogen (secondary N) is 2. The fourth-order valence-corrected chi connectivity index (χ4v) is 5.04. The Labute approximate surface area is 182 Å². The van der Waals surface area contributed by atoms with E-state index in [-0.39, 0.29) is 21.7 Å². The SMILES string of the molecule is Cc1sc(NC(=O)c2ccccc2NS(=O)(=O)c2ccc(Cl)cc2)c(C(N)=O)c1C. The molecule has 3 aromatic rings. The van der Waals surface area contributed by atoms with Crippen LogP contribution >= 0.6 is 22.9 Å². The molecule has 0 radical (unpaired) electrons. The second kappa shape index (κ2) is 8.47. The minimum absolute atomic E-state index is 0.00244. The Morgan fingerprint density at radius 1 is 1.03 bits per heavy atom. The molecular weight excluding hydrogens is 446 g/mol. The maximum Gasteiger partial charge on any atom is 0.261 e. The zero-order valence-electron chi connectivity index (χ0n) is 16.0. The van der Waals surface area contributed by atoms with Gasteiger partial charge in [-0.3, -0.25) is 14.3 Å². The van der Waals surface area contributed by atoms with Gasteiger partial charge < -0.3 is 11.1 Å². The summed E-state index contributed by atoms with van der Waals surface area (Å²) in [6, 6.07) is 11.8. The molecule has 1 heterocycles. The number of benzene rings is 2. The molecule has 0 fully saturated rings. The maximum absolute atomic E-state index is 12.9. The van der Waals surface area contributed by atoms with Gasteiger partial charge >= 0.3 is 0 Å². The number of rotatable bonds is 6. The number of thiophene rings is 1. The summed E-state index contributed by atoms with van der Waals surface area (Å²) in [7, 11) is -3.94. The summed E-state index contributed by atoms with van der Waals surface area (Å²) in [6.07, 6.45) is 0. The summed E-state index contributed by atoms with van der Waals surface area (Å²) in [5.41, 5.74) is 6.57. The van der Waals surface area contributed by atoms with E-state index in [4.69, 9.17) is 17.3 Å². The summed E-state index contributed by atoms with van der Waals surface area (Å²) in [6.45, 7) is 3.56. The van der Waals surface area contributed by atoms with E-state index in [9.17, 15) is 18.0 Å². The predicted molar refractivity (Wildman–Crippen MR) is 119 cm³/mol. The Morgan fingerprint density at radius 3 is 2.30 bits per heavy atom. The summed E-state index contributed by atoms with van der Waals surface area (Å²) in [4.78, 5) is 25.5. The number of hydrogen-bond donors (Lipinski definition) is 3. The lowest BCUT2D eigenvalue weighted by atomic mass is 10.1. The molecule has 2 aromatic carbocycles. The molecular formula is C20H18ClN3O4S2. The van der Waals surface area contributed by atoms with Crippen molar-refractivity contribution in [2.45, 2.75) is 18.7 Å². The first-order valence-electron chi connectivity index (χ1n) is 8.68. The highest BCUT2D eigenvalue weighted by molar-refractivity contribution is 7.92. The van der Waals surface area contributed by atoms with Crippen molar-refractivity contribution in [1.82, 2.24) is 0 Å². The van der Waals surface area contributed by atoms with Crippen molar-refractivity contribution in [3.63, 3.8) is 0 Å². The maximum atomic E-state index is 12.9. The van der Waals surface area contributed by atoms with Crippen LogP contribution in [0.5, 0.6) is 0 Å². The highest BCUT2D eigenvalue weighted by atomic mass is 35.5. The molecule has 0 aliphatic carbocycles. The average Bonchev–Trinajstić information content (AvgIpc) is 2.95. The van der Waals surface area contributed by atoms with E-state index in [2.05, 4.69) is 10.0 Å². The number of primary amides is 1. The van der Waals surface area contributed by atoms with E-state index in [0.717, 1.165) is 4.88 Å². The second-order valence-electron chi connectivity index (χ2n) is 6.41. The average molecular weight is 464 g/mol. The van der Waals surface area contributed by atoms with Gasteiger partial charge in [-0.05, 0) is 55.8 Å². The van der Waals surface area contributed by atoms with Crippen LogP contribution in [0.1, 0.15) is 31.2 Å². The molecule has 10 heteroatoms. The van der Waals surface area contributed by atoms with Gasteiger partial charge in [-0.1, -0.05) is 23.7 Å². The molecule has 0 saturated carbocycles. The molecule has 0 saturated heterocycles. The first-order valence-corrected chi connectivity index (χ1v) is 11.4. The molecule has 1 aromatic heterocycles. The van der Waals surface area contributed by atoms with Crippen LogP contribution in [0.2, 0.25) is 5.02 Å². The Morgan fingerprint density at radius 2 is 1.67 bits per heavy atom. The zero-order valence-corrected chi connectivity index (χ0v) is 18.4. The molecule has 0 atom stereocenters. The van der Waals surface area contributed by atoms with Gasteiger partial charge in [0.15, 0.2) is 0 Å². The van der Waals surface area contributed by atoms with Gasteiger partial charge in [0.05, 0.1) is 21.7 Å². The smallest absolute Gasteiger partial charge is 0.261 e. The molecule has 7 nitrogen and oxygen atoms in total. The van der Waals surface area contributed by atoms with Gasteiger partial charge in [-0.25, -0.2) is 8.42 Å². The Kier molecular flexibility index (Phi) is 6.16. The van der Waals surface area contributed by atoms with E-state index in [0.29, 0.717) is 15.6 Å². The van der Waals surface area contributed by atoms with E-state index >= 15 is 0 Å². The zero-order chi connectivity index (χ0) is 22.1. The molecule has 156 valence electrons. The Balaban J connectivity index is 1.92. The third kappa shape index (κ3) is 4.48. The largest absolute Gasteiger partial charge is 0.365 e. The number of nitrogens with two attached hydrogens (primary N) is 1. The van der Waals surface area contributed by atoms with Crippen molar-refractivity contribution in [2.24, 2.45) is 5.73 Å². The number of aryl methyl sites for hydroxylation is 1. The minimum atomic E-state index is -3.94. The number of halogens is 1. The lowest BCUT2D eigenvalue weighted by Gasteiger charge is -2.13. The number of anilines is 2. The number of hydrogen-bond acceptors (Lipinski definition) is 5. The molecule has 0 aliphatic rings. The number of amides is 2. The van der Waals surface area contributed by atoms with E-state index < -0.39 is 21.8 Å². The van der Waals surface area contributed by atoms with Crippen LogP contribution in [-0.2, 0) is 10.0 Å². The van der Waals surface area contributed by atoms with Gasteiger partial charge in [-0.15, -0.1) is 11.3 Å². The van der Waals surface area contributed by atoms with Crippen LogP contribution in [0.3, 0.4) is 0 Å². The fraction of sp³-hybridized carbons (Fsp3) is 0.100. The lowest BCUT2D eigenvalue weighted by Crippen LogP contribution is -2.20. The standard InChI is InChI=1S/C20H18ClN3O4S2/c1-11-12(2)29-20(17(11)18(22)25)23-19(26)15-5-3-4-6-16(15)24-30(27,28)14-9-7-13(21)8-10-14/h3-10,24H,1-2H3,(H2,22,25)(H,23,26). The van der Waals surface area contributed by atoms with E-state index in [1.165, 1.54) is 47.7 Å². The van der Waals surface area contributed by atoms with Crippen LogP contribution in [-0.4, -0.2) is 20.2 Å². The van der Waals surface area contributed by atoms with Crippen molar-refractivity contribution >= 4 is 55.5 Å². The highest BCUT2D eigenvalue weighted by Crippen LogP contribution is 2.33. The Hall–Kier alpha value is -2.88. The van der Waals surface area contributed by atoms with Gasteiger partial charge in [0.2, 0.25) is 0 Å². The quantitative estimate of drug-likeness (QED) is 0.508. The molecule has 0 bridgehead atoms. The van der Waals surface area contributed by atoms with Crippen LogP contribution in [0.4, 0.5) is 10.7 Å². The van der Waals surface area contributed by atoms with Crippen LogP contribution in [0.15, 0.2) is 53.4 Å². The molecule has 30 heavy (non-hydrogen) atoms. The summed E-state index contributed by atoms with van der Waals surface area (Å²) in [5.74, 6) is -1.22. The third-order valence-electron chi connectivity index (χ3n) is 4.40. The lowest BCUT2D eigenvalue weighted by molar-refractivity contribution is 0.100. The highest BCUT2D eigenvalue weighted by Gasteiger charge is 2.22. The van der Waals surface area contributed by atoms with Gasteiger partial charge in [0, 0.05) is 9.90 Å². The number of carbonyl (C=O) groups is 2. The fourth-order valence-electron chi connectivity index (χ4n) is 2.77. The predicted octanol–water partition coefficient (Wildman–Crippen LogP) is 4.17. The topological polar surface area (TPSA) is 118 Å². The van der Waals surface area contributed by atoms with Crippen LogP contribution in [0.25, 0.3) is 0 Å². The van der Waals surface area contributed by atoms with Crippen molar-refractivity contribution in [2.75, 3.05) is 10.0 Å². The molecule has 0 unspecified atom stereocenters. The minimum Gasteiger partial charge on any atom is -0.365 e. The van der Waals surface area contributed by atoms with Crippen molar-refractivity contribution in [1.29, 1.82) is 0 Å². The normalized spacial score (nSPS) is 11.2. The Bertz CT molecular complexity index is 1240. The van der Waals surface area contributed by atoms with Crippen molar-refractivity contribution in [3.05, 3.63) is 75.1 Å². The third-order valence-corrected chi connectivity index (χ3v) is 7.15. The van der Waals surface area contributed by atoms with Gasteiger partial charge in [-0.2, -0.15) is 0 Å². The summed E-state index contributed by atoms with van der Waals surface area (Å²) in [5, 5.41) is 3.39. The van der Waals surface area contributed by atoms with Gasteiger partial charge in [0.1, 0.15) is 5.00 Å². The van der Waals surface area contributed by atoms with Crippen molar-refractivity contribution < 1.29 is 18.0 Å². The molecule has 2 amide bonds. The molecule has 4 N–H and O–H groups in total. The van der Waals surface area contributed by atoms with Crippen LogP contribution < -0.4 is 15.8 Å². The second-order valence-corrected chi connectivity index (χ2v) is 9.75. The monoisotopic (exact) mass is 463 g/mol. The number of para-hydroxylation sites is 1. The summed E-state index contributed by atoms with van der Waals surface area (Å²) < 4.78 is 27.8. The van der Waals surface area contributed by atoms with Crippen LogP contribution in [0, 0.1) is 13.8 Å². The molecule has 0 aliphatic heterocycles. The van der Waals surface area contributed by atoms with E-state index in [1.54, 1.807) is 19.1 Å². The number of sulfonamides is 1. The van der Waals surface area contributed by atoms with E-state index in [1.807, 2.05) is 6.92 Å². The first kappa shape index (κ1) is 21.8. The van der Waals surface area contributed by atoms with Gasteiger partial charge in [0.25, 0.3) is 21.8 Å². The summed E-state index contributed by atoms with van der Waals surface area (Å²) >= 11 is 7.04. The first-order chi connectivity index (χ1) is 14.1. The number of carbonyl (C=O) groups excluding carboxylic acids is 2. The molecule has 0 spiro atoms. The van der Waals surface area contributed by atoms with Crippen molar-refractivity contribution in [3.8, 4) is 0 Å². The molecule has 3 rings (SSSR count).